The SMILES string of the molecule is CN(C)C=O.O=P(Cl)(c1ccccc1)c1ccccc1. The normalized spacial score (nSPS) is 10.2. The van der Waals surface area contributed by atoms with Crippen molar-refractivity contribution >= 4 is 34.8 Å². The Labute approximate surface area is 124 Å². The predicted molar refractivity (Wildman–Crippen MR) is 85.4 cm³/mol. The number of halogens is 1. The van der Waals surface area contributed by atoms with E-state index in [1.54, 1.807) is 38.4 Å². The highest BCUT2D eigenvalue weighted by molar-refractivity contribution is 8.00. The first kappa shape index (κ1) is 16.5. The van der Waals surface area contributed by atoms with Crippen molar-refractivity contribution in [2.45, 2.75) is 0 Å². The molecular weight excluding hydrogens is 293 g/mol. The standard InChI is InChI=1S/C12H10ClOP.C3H7NO/c13-15(14,11-7-3-1-4-8-11)12-9-5-2-6-10-12;1-4(2)3-5/h1-10H;3H,1-2H3. The second-order valence-corrected chi connectivity index (χ2v) is 7.80. The average Bonchev–Trinajstić information content (AvgIpc) is 2.49. The Morgan fingerprint density at radius 3 is 1.45 bits per heavy atom. The van der Waals surface area contributed by atoms with E-state index in [9.17, 15) is 9.36 Å². The van der Waals surface area contributed by atoms with Crippen LogP contribution in [0.3, 0.4) is 0 Å². The van der Waals surface area contributed by atoms with Crippen molar-refractivity contribution in [1.29, 1.82) is 0 Å². The molecule has 3 nitrogen and oxygen atoms in total. The highest BCUT2D eigenvalue weighted by atomic mass is 35.7. The van der Waals surface area contributed by atoms with E-state index in [-0.39, 0.29) is 0 Å². The van der Waals surface area contributed by atoms with Crippen LogP contribution in [0.4, 0.5) is 0 Å². The quantitative estimate of drug-likeness (QED) is 0.646. The van der Waals surface area contributed by atoms with E-state index in [1.807, 2.05) is 36.4 Å². The van der Waals surface area contributed by atoms with Crippen molar-refractivity contribution in [1.82, 2.24) is 4.90 Å². The first-order valence-corrected chi connectivity index (χ1v) is 8.62. The van der Waals surface area contributed by atoms with Gasteiger partial charge in [-0.2, -0.15) is 0 Å². The monoisotopic (exact) mass is 309 g/mol. The van der Waals surface area contributed by atoms with Gasteiger partial charge in [0.1, 0.15) is 0 Å². The summed E-state index contributed by atoms with van der Waals surface area (Å²) in [5.74, 6) is 0. The van der Waals surface area contributed by atoms with Gasteiger partial charge in [-0.05, 0) is 11.2 Å². The average molecular weight is 310 g/mol. The van der Waals surface area contributed by atoms with Crippen molar-refractivity contribution in [2.75, 3.05) is 14.1 Å². The smallest absolute Gasteiger partial charge is 0.225 e. The zero-order valence-corrected chi connectivity index (χ0v) is 13.1. The van der Waals surface area contributed by atoms with Crippen LogP contribution < -0.4 is 10.6 Å². The molecule has 2 aromatic rings. The summed E-state index contributed by atoms with van der Waals surface area (Å²) in [5.41, 5.74) is 0. The fourth-order valence-electron chi connectivity index (χ4n) is 1.39. The predicted octanol–water partition coefficient (Wildman–Crippen LogP) is 2.86. The molecule has 0 N–H and O–H groups in total. The molecule has 2 rings (SSSR count). The van der Waals surface area contributed by atoms with E-state index in [1.165, 1.54) is 4.90 Å². The third-order valence-corrected chi connectivity index (χ3v) is 5.48. The summed E-state index contributed by atoms with van der Waals surface area (Å²) in [6.07, 6.45) is 0.750. The van der Waals surface area contributed by atoms with Crippen LogP contribution in [0, 0.1) is 0 Å². The molecule has 5 heteroatoms. The van der Waals surface area contributed by atoms with Crippen molar-refractivity contribution < 1.29 is 9.36 Å². The molecule has 20 heavy (non-hydrogen) atoms. The maximum atomic E-state index is 12.4. The van der Waals surface area contributed by atoms with Crippen LogP contribution in [-0.2, 0) is 9.36 Å². The van der Waals surface area contributed by atoms with Gasteiger partial charge in [-0.1, -0.05) is 60.7 Å². The molecule has 0 aliphatic heterocycles. The Hall–Kier alpha value is -1.57. The molecular formula is C15H17ClNO2P. The first-order chi connectivity index (χ1) is 9.48. The van der Waals surface area contributed by atoms with Gasteiger partial charge in [0.05, 0.1) is 0 Å². The van der Waals surface area contributed by atoms with Crippen molar-refractivity contribution in [3.8, 4) is 0 Å². The van der Waals surface area contributed by atoms with E-state index >= 15 is 0 Å². The third kappa shape index (κ3) is 4.84. The minimum absolute atomic E-state index is 0.679. The molecule has 0 bridgehead atoms. The van der Waals surface area contributed by atoms with Gasteiger partial charge in [-0.3, -0.25) is 9.36 Å². The number of nitrogens with zero attached hydrogens (tertiary/aromatic N) is 1. The van der Waals surface area contributed by atoms with Gasteiger partial charge in [0.2, 0.25) is 12.9 Å². The lowest BCUT2D eigenvalue weighted by molar-refractivity contribution is -0.115. The van der Waals surface area contributed by atoms with Gasteiger partial charge in [-0.15, -0.1) is 0 Å². The van der Waals surface area contributed by atoms with Crippen molar-refractivity contribution in [2.24, 2.45) is 0 Å². The van der Waals surface area contributed by atoms with Crippen LogP contribution >= 0.6 is 17.7 Å². The van der Waals surface area contributed by atoms with Crippen LogP contribution in [0.15, 0.2) is 60.7 Å². The molecule has 0 heterocycles. The summed E-state index contributed by atoms with van der Waals surface area (Å²) in [4.78, 5) is 10.9. The molecule has 0 aromatic heterocycles. The molecule has 0 unspecified atom stereocenters. The Balaban J connectivity index is 0.000000347. The zero-order chi connectivity index (χ0) is 15.0. The lowest BCUT2D eigenvalue weighted by Crippen LogP contribution is -2.11. The van der Waals surface area contributed by atoms with Crippen LogP contribution in [0.2, 0.25) is 0 Å². The summed E-state index contributed by atoms with van der Waals surface area (Å²) in [6, 6.07) is 18.3. The van der Waals surface area contributed by atoms with Gasteiger partial charge in [-0.25, -0.2) is 0 Å². The Kier molecular flexibility index (Phi) is 6.50. The van der Waals surface area contributed by atoms with Gasteiger partial charge >= 0.3 is 0 Å². The lowest BCUT2D eigenvalue weighted by atomic mass is 10.4. The summed E-state index contributed by atoms with van der Waals surface area (Å²) in [7, 11) is 3.38. The van der Waals surface area contributed by atoms with Gasteiger partial charge in [0.15, 0.2) is 0 Å². The highest BCUT2D eigenvalue weighted by Crippen LogP contribution is 2.48. The minimum atomic E-state index is -2.93. The molecule has 2 aromatic carbocycles. The van der Waals surface area contributed by atoms with E-state index in [2.05, 4.69) is 0 Å². The second-order valence-electron chi connectivity index (χ2n) is 4.27. The highest BCUT2D eigenvalue weighted by Gasteiger charge is 2.23. The van der Waals surface area contributed by atoms with E-state index in [4.69, 9.17) is 11.2 Å². The molecule has 0 radical (unpaired) electrons. The number of carbonyl (C=O) groups is 1. The summed E-state index contributed by atoms with van der Waals surface area (Å²) in [6.45, 7) is -2.93. The molecule has 0 saturated heterocycles. The molecule has 0 atom stereocenters. The van der Waals surface area contributed by atoms with E-state index in [0.717, 1.165) is 6.41 Å². The molecule has 0 saturated carbocycles. The minimum Gasteiger partial charge on any atom is -0.351 e. The number of carbonyl (C=O) groups excluding carboxylic acids is 1. The van der Waals surface area contributed by atoms with Crippen LogP contribution in [0.25, 0.3) is 0 Å². The number of hydrogen-bond acceptors (Lipinski definition) is 2. The summed E-state index contributed by atoms with van der Waals surface area (Å²) < 4.78 is 12.4. The largest absolute Gasteiger partial charge is 0.351 e. The number of amides is 1. The maximum absolute atomic E-state index is 12.4. The van der Waals surface area contributed by atoms with E-state index in [0.29, 0.717) is 10.6 Å². The Bertz CT molecular complexity index is 529. The molecule has 1 amide bonds. The number of benzene rings is 2. The lowest BCUT2D eigenvalue weighted by Gasteiger charge is -2.10. The summed E-state index contributed by atoms with van der Waals surface area (Å²) >= 11 is 6.14. The Morgan fingerprint density at radius 2 is 1.20 bits per heavy atom. The molecule has 0 aliphatic carbocycles. The fraction of sp³-hybridized carbons (Fsp3) is 0.133. The van der Waals surface area contributed by atoms with Gasteiger partial charge in [0.25, 0.3) is 0 Å². The fourth-order valence-corrected chi connectivity index (χ4v) is 3.47. The van der Waals surface area contributed by atoms with E-state index < -0.39 is 6.49 Å². The van der Waals surface area contributed by atoms with Crippen LogP contribution in [0.5, 0.6) is 0 Å². The molecule has 0 fully saturated rings. The second kappa shape index (κ2) is 7.88. The topological polar surface area (TPSA) is 37.4 Å². The molecule has 106 valence electrons. The number of hydrogen-bond donors (Lipinski definition) is 0. The first-order valence-electron chi connectivity index (χ1n) is 6.01. The van der Waals surface area contributed by atoms with Crippen LogP contribution in [-0.4, -0.2) is 25.4 Å². The van der Waals surface area contributed by atoms with Crippen molar-refractivity contribution in [3.63, 3.8) is 0 Å². The van der Waals surface area contributed by atoms with Crippen molar-refractivity contribution in [3.05, 3.63) is 60.7 Å². The third-order valence-electron chi connectivity index (χ3n) is 2.39. The van der Waals surface area contributed by atoms with Crippen LogP contribution in [0.1, 0.15) is 0 Å². The van der Waals surface area contributed by atoms with Gasteiger partial charge in [0, 0.05) is 24.7 Å². The number of rotatable bonds is 3. The molecule has 0 spiro atoms. The maximum Gasteiger partial charge on any atom is 0.225 e. The Morgan fingerprint density at radius 1 is 0.900 bits per heavy atom. The molecule has 0 aliphatic rings. The summed E-state index contributed by atoms with van der Waals surface area (Å²) in [5, 5.41) is 1.36. The van der Waals surface area contributed by atoms with Gasteiger partial charge < -0.3 is 4.90 Å². The zero-order valence-electron chi connectivity index (χ0n) is 11.4.